The van der Waals surface area contributed by atoms with E-state index in [0.29, 0.717) is 35.4 Å². The first-order chi connectivity index (χ1) is 20.7. The fraction of sp³-hybridized carbons (Fsp3) is 0.324. The molecular weight excluding hydrogens is 544 g/mol. The number of ether oxygens (including phenoxy) is 2. The van der Waals surface area contributed by atoms with Crippen molar-refractivity contribution in [2.45, 2.75) is 39.4 Å². The predicted molar refractivity (Wildman–Crippen MR) is 167 cm³/mol. The molecule has 1 fully saturated rings. The van der Waals surface area contributed by atoms with Crippen molar-refractivity contribution < 1.29 is 24.2 Å². The van der Waals surface area contributed by atoms with Gasteiger partial charge in [-0.3, -0.25) is 9.69 Å². The van der Waals surface area contributed by atoms with Crippen molar-refractivity contribution in [3.63, 3.8) is 0 Å². The number of aromatic hydroxyl groups is 1. The van der Waals surface area contributed by atoms with Gasteiger partial charge in [-0.05, 0) is 63.1 Å². The number of aromatic amines is 1. The molecule has 2 unspecified atom stereocenters. The van der Waals surface area contributed by atoms with Crippen molar-refractivity contribution in [3.05, 3.63) is 88.5 Å². The van der Waals surface area contributed by atoms with Gasteiger partial charge in [0.25, 0.3) is 0 Å². The summed E-state index contributed by atoms with van der Waals surface area (Å²) in [5, 5.41) is 11.8. The molecule has 2 aliphatic heterocycles. The van der Waals surface area contributed by atoms with E-state index in [1.54, 1.807) is 18.2 Å². The maximum absolute atomic E-state index is 13.3. The lowest BCUT2D eigenvalue weighted by Crippen LogP contribution is -2.49. The first kappa shape index (κ1) is 28.6. The number of anilines is 1. The van der Waals surface area contributed by atoms with Crippen LogP contribution in [-0.2, 0) is 20.7 Å². The number of benzene rings is 3. The lowest BCUT2D eigenvalue weighted by molar-refractivity contribution is -0.123. The zero-order valence-corrected chi connectivity index (χ0v) is 24.9. The number of hydrogen-bond acceptors (Lipinski definition) is 7. The number of esters is 1. The highest BCUT2D eigenvalue weighted by Crippen LogP contribution is 2.35. The Balaban J connectivity index is 1.34. The average Bonchev–Trinajstić information content (AvgIpc) is 3.55. The van der Waals surface area contributed by atoms with Gasteiger partial charge < -0.3 is 24.5 Å². The summed E-state index contributed by atoms with van der Waals surface area (Å²) in [5.74, 6) is -0.405. The van der Waals surface area contributed by atoms with Crippen LogP contribution in [0.2, 0.25) is 0 Å². The molecular formula is C34H36N4O5. The van der Waals surface area contributed by atoms with Gasteiger partial charge in [-0.25, -0.2) is 9.79 Å². The Morgan fingerprint density at radius 1 is 1.02 bits per heavy atom. The minimum atomic E-state index is -0.454. The first-order valence-corrected chi connectivity index (χ1v) is 14.6. The summed E-state index contributed by atoms with van der Waals surface area (Å²) in [5.41, 5.74) is 6.77. The maximum Gasteiger partial charge on any atom is 0.337 e. The Morgan fingerprint density at radius 3 is 2.47 bits per heavy atom. The van der Waals surface area contributed by atoms with Gasteiger partial charge in [0.15, 0.2) is 5.88 Å². The average molecular weight is 581 g/mol. The van der Waals surface area contributed by atoms with Crippen LogP contribution in [0.5, 0.6) is 5.88 Å². The van der Waals surface area contributed by atoms with Gasteiger partial charge in [0.1, 0.15) is 0 Å². The normalized spacial score (nSPS) is 19.1. The second-order valence-corrected chi connectivity index (χ2v) is 11.5. The number of morpholine rings is 1. The Kier molecular flexibility index (Phi) is 7.77. The van der Waals surface area contributed by atoms with Gasteiger partial charge in [0.2, 0.25) is 5.91 Å². The lowest BCUT2D eigenvalue weighted by atomic mass is 9.99. The quantitative estimate of drug-likeness (QED) is 0.242. The molecule has 4 aromatic rings. The molecule has 0 radical (unpaired) electrons. The van der Waals surface area contributed by atoms with Crippen LogP contribution < -0.4 is 4.90 Å². The smallest absolute Gasteiger partial charge is 0.337 e. The van der Waals surface area contributed by atoms with Crippen LogP contribution in [0.4, 0.5) is 11.4 Å². The Bertz CT molecular complexity index is 1710. The van der Waals surface area contributed by atoms with Crippen LogP contribution in [0.15, 0.2) is 65.7 Å². The van der Waals surface area contributed by atoms with Crippen LogP contribution in [-0.4, -0.2) is 78.1 Å². The Labute approximate surface area is 250 Å². The van der Waals surface area contributed by atoms with Gasteiger partial charge in [-0.1, -0.05) is 35.9 Å². The number of H-pyrrole nitrogens is 1. The van der Waals surface area contributed by atoms with Crippen LogP contribution in [0, 0.1) is 6.92 Å². The number of nitrogens with one attached hydrogen (secondary N) is 1. The monoisotopic (exact) mass is 580 g/mol. The van der Waals surface area contributed by atoms with Gasteiger partial charge in [0.05, 0.1) is 48.4 Å². The molecule has 1 aromatic heterocycles. The minimum absolute atomic E-state index is 0.0407. The maximum atomic E-state index is 13.3. The van der Waals surface area contributed by atoms with Gasteiger partial charge in [-0.2, -0.15) is 0 Å². The van der Waals surface area contributed by atoms with Gasteiger partial charge in [-0.15, -0.1) is 0 Å². The summed E-state index contributed by atoms with van der Waals surface area (Å²) in [6.45, 7) is 8.60. The molecule has 0 bridgehead atoms. The summed E-state index contributed by atoms with van der Waals surface area (Å²) in [4.78, 5) is 37.5. The summed E-state index contributed by atoms with van der Waals surface area (Å²) >= 11 is 0. The number of fused-ring (bicyclic) bond motifs is 2. The Morgan fingerprint density at radius 2 is 1.74 bits per heavy atom. The van der Waals surface area contributed by atoms with Crippen molar-refractivity contribution in [1.29, 1.82) is 0 Å². The molecule has 222 valence electrons. The van der Waals surface area contributed by atoms with Crippen molar-refractivity contribution in [2.75, 3.05) is 38.2 Å². The third-order valence-corrected chi connectivity index (χ3v) is 8.12. The van der Waals surface area contributed by atoms with E-state index in [0.717, 1.165) is 53.0 Å². The fourth-order valence-corrected chi connectivity index (χ4v) is 6.18. The SMILES string of the molecule is COC(=O)c1ccc2c(C(=Nc3ccc4c(c3)CCN4C(=O)CN3CC(C)OC(C)C3)c3ccc(C)cc3)c(O)[nH]c2c1. The number of carbonyl (C=O) groups is 2. The number of nitrogens with zero attached hydrogens (tertiary/aromatic N) is 3. The molecule has 0 aliphatic carbocycles. The zero-order valence-electron chi connectivity index (χ0n) is 24.9. The zero-order chi connectivity index (χ0) is 30.2. The van der Waals surface area contributed by atoms with E-state index in [2.05, 4.69) is 9.88 Å². The van der Waals surface area contributed by atoms with Crippen molar-refractivity contribution in [1.82, 2.24) is 9.88 Å². The van der Waals surface area contributed by atoms with Gasteiger partial charge in [0, 0.05) is 41.8 Å². The summed E-state index contributed by atoms with van der Waals surface area (Å²) in [7, 11) is 1.34. The number of amides is 1. The highest BCUT2D eigenvalue weighted by molar-refractivity contribution is 6.22. The molecule has 2 aliphatic rings. The van der Waals surface area contributed by atoms with Crippen LogP contribution in [0.25, 0.3) is 10.9 Å². The second-order valence-electron chi connectivity index (χ2n) is 11.5. The number of aryl methyl sites for hydroxylation is 1. The van der Waals surface area contributed by atoms with Crippen LogP contribution in [0.3, 0.4) is 0 Å². The van der Waals surface area contributed by atoms with E-state index >= 15 is 0 Å². The van der Waals surface area contributed by atoms with E-state index in [1.807, 2.05) is 68.1 Å². The highest BCUT2D eigenvalue weighted by Gasteiger charge is 2.29. The number of carbonyl (C=O) groups excluding carboxylic acids is 2. The van der Waals surface area contributed by atoms with E-state index in [9.17, 15) is 14.7 Å². The highest BCUT2D eigenvalue weighted by atomic mass is 16.5. The topological polar surface area (TPSA) is 107 Å². The molecule has 9 nitrogen and oxygen atoms in total. The predicted octanol–water partition coefficient (Wildman–Crippen LogP) is 5.14. The number of rotatable bonds is 6. The lowest BCUT2D eigenvalue weighted by Gasteiger charge is -2.35. The molecule has 0 spiro atoms. The third-order valence-electron chi connectivity index (χ3n) is 8.12. The first-order valence-electron chi connectivity index (χ1n) is 14.6. The van der Waals surface area contributed by atoms with Gasteiger partial charge >= 0.3 is 5.97 Å². The third kappa shape index (κ3) is 5.78. The van der Waals surface area contributed by atoms with Crippen molar-refractivity contribution in [3.8, 4) is 5.88 Å². The number of methoxy groups -OCH3 is 1. The molecule has 2 atom stereocenters. The molecule has 43 heavy (non-hydrogen) atoms. The number of aromatic nitrogens is 1. The molecule has 1 amide bonds. The molecule has 0 saturated carbocycles. The molecule has 3 heterocycles. The summed E-state index contributed by atoms with van der Waals surface area (Å²) in [6, 6.07) is 19.0. The van der Waals surface area contributed by atoms with E-state index in [-0.39, 0.29) is 24.0 Å². The van der Waals surface area contributed by atoms with E-state index < -0.39 is 5.97 Å². The van der Waals surface area contributed by atoms with Crippen molar-refractivity contribution >= 4 is 39.9 Å². The summed E-state index contributed by atoms with van der Waals surface area (Å²) in [6.07, 6.45) is 0.962. The Hall–Kier alpha value is -4.47. The van der Waals surface area contributed by atoms with E-state index in [4.69, 9.17) is 14.5 Å². The number of aliphatic imine (C=N–C) groups is 1. The standard InChI is InChI=1S/C34H36N4O5/c1-20-5-7-23(8-6-20)32(31-27-11-9-25(34(41)42-4)16-28(27)36-33(31)40)35-26-10-12-29-24(15-26)13-14-38(29)30(39)19-37-17-21(2)43-22(3)18-37/h5-12,15-16,21-22,36,40H,13-14,17-19H2,1-4H3. The van der Waals surface area contributed by atoms with Crippen molar-refractivity contribution in [2.24, 2.45) is 4.99 Å². The molecule has 1 saturated heterocycles. The second kappa shape index (κ2) is 11.7. The minimum Gasteiger partial charge on any atom is -0.494 e. The largest absolute Gasteiger partial charge is 0.494 e. The molecule has 3 aromatic carbocycles. The molecule has 6 rings (SSSR count). The van der Waals surface area contributed by atoms with Crippen LogP contribution >= 0.6 is 0 Å². The van der Waals surface area contributed by atoms with Crippen LogP contribution in [0.1, 0.15) is 46.5 Å². The molecule has 2 N–H and O–H groups in total. The fourth-order valence-electron chi connectivity index (χ4n) is 6.18. The molecule has 9 heteroatoms. The summed E-state index contributed by atoms with van der Waals surface area (Å²) < 4.78 is 10.7. The number of hydrogen-bond donors (Lipinski definition) is 2. The van der Waals surface area contributed by atoms with E-state index in [1.165, 1.54) is 7.11 Å².